The van der Waals surface area contributed by atoms with Crippen LogP contribution < -0.4 is 10.1 Å². The summed E-state index contributed by atoms with van der Waals surface area (Å²) in [4.78, 5) is 22.1. The Balaban J connectivity index is 1.57. The molecular formula is C22H29N3O4S. The Morgan fingerprint density at radius 3 is 2.50 bits per heavy atom. The molecule has 2 saturated carbocycles. The van der Waals surface area contributed by atoms with Gasteiger partial charge in [-0.25, -0.2) is 13.4 Å². The molecule has 0 bridgehead atoms. The number of carbonyl (C=O) groups is 1. The van der Waals surface area contributed by atoms with Gasteiger partial charge < -0.3 is 10.1 Å². The first kappa shape index (κ1) is 21.0. The highest BCUT2D eigenvalue weighted by Crippen LogP contribution is 2.52. The van der Waals surface area contributed by atoms with E-state index in [-0.39, 0.29) is 23.0 Å². The van der Waals surface area contributed by atoms with Gasteiger partial charge >= 0.3 is 0 Å². The number of aromatic nitrogens is 2. The Morgan fingerprint density at radius 2 is 1.93 bits per heavy atom. The van der Waals surface area contributed by atoms with Crippen LogP contribution in [0.4, 0.5) is 0 Å². The molecule has 1 aromatic rings. The number of fused-ring (bicyclic) bond motifs is 1. The van der Waals surface area contributed by atoms with Crippen LogP contribution in [-0.4, -0.2) is 42.7 Å². The van der Waals surface area contributed by atoms with Crippen molar-refractivity contribution in [2.75, 3.05) is 6.26 Å². The maximum absolute atomic E-state index is 13.1. The standard InChI is InChI=1S/C22H29N3O4S/c1-22(2,3)21-23-12-17(20(25-21)29-16-10-14-9-15(14)11-16)19(26)24-18(13-5-6-13)7-8-30(4,27)28/h5,7-8,12,14-16,18H,6,9-11H2,1-4H3,(H,24,26)/b8-7+/t14-,15+,16?,18-/m1/s1. The van der Waals surface area contributed by atoms with Crippen molar-refractivity contribution in [1.82, 2.24) is 15.3 Å². The molecule has 1 heterocycles. The van der Waals surface area contributed by atoms with Crippen LogP contribution in [-0.2, 0) is 15.3 Å². The van der Waals surface area contributed by atoms with Crippen molar-refractivity contribution in [3.8, 4) is 5.88 Å². The number of hydrogen-bond acceptors (Lipinski definition) is 6. The van der Waals surface area contributed by atoms with Crippen LogP contribution in [0.1, 0.15) is 62.6 Å². The van der Waals surface area contributed by atoms with Crippen molar-refractivity contribution < 1.29 is 17.9 Å². The van der Waals surface area contributed by atoms with Gasteiger partial charge in [0.15, 0.2) is 9.84 Å². The van der Waals surface area contributed by atoms with Crippen LogP contribution in [0.5, 0.6) is 5.88 Å². The molecule has 3 aliphatic rings. The number of rotatable bonds is 7. The highest BCUT2D eigenvalue weighted by molar-refractivity contribution is 7.93. The molecule has 0 radical (unpaired) electrons. The predicted molar refractivity (Wildman–Crippen MR) is 114 cm³/mol. The summed E-state index contributed by atoms with van der Waals surface area (Å²) < 4.78 is 29.2. The molecule has 0 aliphatic heterocycles. The van der Waals surface area contributed by atoms with E-state index in [9.17, 15) is 13.2 Å². The molecule has 1 aromatic heterocycles. The number of nitrogens with one attached hydrogen (secondary N) is 1. The Kier molecular flexibility index (Phi) is 5.24. The van der Waals surface area contributed by atoms with E-state index >= 15 is 0 Å². The van der Waals surface area contributed by atoms with E-state index in [0.29, 0.717) is 11.7 Å². The lowest BCUT2D eigenvalue weighted by atomic mass is 9.95. The molecule has 7 nitrogen and oxygen atoms in total. The molecule has 1 N–H and O–H groups in total. The minimum Gasteiger partial charge on any atom is -0.474 e. The molecule has 4 rings (SSSR count). The molecule has 1 unspecified atom stereocenters. The smallest absolute Gasteiger partial charge is 0.259 e. The second-order valence-electron chi connectivity index (χ2n) is 9.72. The van der Waals surface area contributed by atoms with Gasteiger partial charge in [0.2, 0.25) is 5.88 Å². The number of carbonyl (C=O) groups excluding carboxylic acids is 1. The molecular weight excluding hydrogens is 402 g/mol. The number of allylic oxidation sites excluding steroid dienone is 1. The quantitative estimate of drug-likeness (QED) is 0.667. The second-order valence-corrected chi connectivity index (χ2v) is 11.7. The average molecular weight is 432 g/mol. The number of nitrogens with zero attached hydrogens (tertiary/aromatic N) is 2. The van der Waals surface area contributed by atoms with Gasteiger partial charge in [-0.05, 0) is 49.2 Å². The van der Waals surface area contributed by atoms with Crippen LogP contribution in [0.3, 0.4) is 0 Å². The third-order valence-corrected chi connectivity index (χ3v) is 6.44. The number of sulfone groups is 1. The zero-order chi connectivity index (χ0) is 21.7. The Hall–Kier alpha value is -2.22. The zero-order valence-corrected chi connectivity index (χ0v) is 18.7. The summed E-state index contributed by atoms with van der Waals surface area (Å²) in [7, 11) is -3.28. The van der Waals surface area contributed by atoms with E-state index in [1.807, 2.05) is 26.8 Å². The summed E-state index contributed by atoms with van der Waals surface area (Å²) in [5.74, 6) is 2.07. The Morgan fingerprint density at radius 1 is 1.27 bits per heavy atom. The van der Waals surface area contributed by atoms with Crippen molar-refractivity contribution in [2.24, 2.45) is 11.8 Å². The topological polar surface area (TPSA) is 98.2 Å². The maximum Gasteiger partial charge on any atom is 0.259 e. The third kappa shape index (κ3) is 5.09. The van der Waals surface area contributed by atoms with Crippen molar-refractivity contribution >= 4 is 15.7 Å². The fraction of sp³-hybridized carbons (Fsp3) is 0.591. The first-order chi connectivity index (χ1) is 14.0. The van der Waals surface area contributed by atoms with Gasteiger partial charge in [0.1, 0.15) is 17.5 Å². The first-order valence-electron chi connectivity index (χ1n) is 10.4. The van der Waals surface area contributed by atoms with Crippen LogP contribution in [0.2, 0.25) is 0 Å². The molecule has 3 aliphatic carbocycles. The van der Waals surface area contributed by atoms with Crippen molar-refractivity contribution in [1.29, 1.82) is 0 Å². The lowest BCUT2D eigenvalue weighted by Gasteiger charge is -2.21. The number of ether oxygens (including phenoxy) is 1. The van der Waals surface area contributed by atoms with Gasteiger partial charge in [-0.1, -0.05) is 26.8 Å². The summed E-state index contributed by atoms with van der Waals surface area (Å²) in [6, 6.07) is -0.471. The van der Waals surface area contributed by atoms with Crippen LogP contribution in [0.25, 0.3) is 0 Å². The van der Waals surface area contributed by atoms with E-state index in [2.05, 4.69) is 15.3 Å². The first-order valence-corrected chi connectivity index (χ1v) is 12.4. The lowest BCUT2D eigenvalue weighted by molar-refractivity contribution is 0.0938. The van der Waals surface area contributed by atoms with E-state index in [4.69, 9.17) is 4.74 Å². The number of amides is 1. The molecule has 0 aromatic carbocycles. The predicted octanol–water partition coefficient (Wildman–Crippen LogP) is 2.94. The molecule has 4 atom stereocenters. The Bertz CT molecular complexity index is 1010. The highest BCUT2D eigenvalue weighted by atomic mass is 32.2. The fourth-order valence-corrected chi connectivity index (χ4v) is 4.35. The highest BCUT2D eigenvalue weighted by Gasteiger charge is 2.47. The summed E-state index contributed by atoms with van der Waals surface area (Å²) in [5, 5.41) is 4.01. The lowest BCUT2D eigenvalue weighted by Crippen LogP contribution is -2.34. The number of hydrogen-bond donors (Lipinski definition) is 1. The van der Waals surface area contributed by atoms with Gasteiger partial charge in [0.25, 0.3) is 5.91 Å². The van der Waals surface area contributed by atoms with E-state index in [0.717, 1.165) is 48.3 Å². The van der Waals surface area contributed by atoms with E-state index in [1.54, 1.807) is 0 Å². The van der Waals surface area contributed by atoms with Crippen molar-refractivity contribution in [3.63, 3.8) is 0 Å². The van der Waals surface area contributed by atoms with Crippen LogP contribution in [0.15, 0.2) is 29.3 Å². The van der Waals surface area contributed by atoms with E-state index in [1.165, 1.54) is 18.7 Å². The second kappa shape index (κ2) is 7.48. The summed E-state index contributed by atoms with van der Waals surface area (Å²) in [6.45, 7) is 6.05. The van der Waals surface area contributed by atoms with Crippen molar-refractivity contribution in [3.05, 3.63) is 40.7 Å². The summed E-state index contributed by atoms with van der Waals surface area (Å²) >= 11 is 0. The largest absolute Gasteiger partial charge is 0.474 e. The zero-order valence-electron chi connectivity index (χ0n) is 17.9. The summed E-state index contributed by atoms with van der Waals surface area (Å²) in [6.07, 6.45) is 10.2. The van der Waals surface area contributed by atoms with Gasteiger partial charge in [-0.15, -0.1) is 0 Å². The van der Waals surface area contributed by atoms with Crippen LogP contribution in [0, 0.1) is 11.8 Å². The van der Waals surface area contributed by atoms with Gasteiger partial charge in [0.05, 0.1) is 6.04 Å². The molecule has 1 amide bonds. The molecule has 30 heavy (non-hydrogen) atoms. The minimum absolute atomic E-state index is 0.0788. The van der Waals surface area contributed by atoms with E-state index < -0.39 is 15.9 Å². The van der Waals surface area contributed by atoms with Crippen LogP contribution >= 0.6 is 0 Å². The van der Waals surface area contributed by atoms with Crippen molar-refractivity contribution in [2.45, 2.75) is 64.0 Å². The summed E-state index contributed by atoms with van der Waals surface area (Å²) in [5.41, 5.74) is 0.987. The molecule has 8 heteroatoms. The normalized spacial score (nSPS) is 26.1. The molecule has 0 spiro atoms. The fourth-order valence-electron chi connectivity index (χ4n) is 3.90. The maximum atomic E-state index is 13.1. The molecule has 0 saturated heterocycles. The average Bonchev–Trinajstić information content (AvgIpc) is 3.56. The Labute approximate surface area is 177 Å². The SMILES string of the molecule is CC(C)(C)c1ncc(C(=O)N[C@H](/C=C/S(C)(=O)=O)C2=CC2)c(OC2C[C@@H]3C[C@@H]3C2)n1. The van der Waals surface area contributed by atoms with Gasteiger partial charge in [-0.3, -0.25) is 4.79 Å². The van der Waals surface area contributed by atoms with Gasteiger partial charge in [-0.2, -0.15) is 4.98 Å². The minimum atomic E-state index is -3.28. The molecule has 2 fully saturated rings. The monoisotopic (exact) mass is 431 g/mol. The van der Waals surface area contributed by atoms with Gasteiger partial charge in [0, 0.05) is 23.3 Å². The molecule has 162 valence electrons. The third-order valence-electron chi connectivity index (χ3n) is 5.79.